The molecule has 182 valence electrons. The molecule has 1 unspecified atom stereocenters. The van der Waals surface area contributed by atoms with Gasteiger partial charge in [-0.2, -0.15) is 13.2 Å². The first-order valence-corrected chi connectivity index (χ1v) is 11.4. The molecule has 1 aromatic carbocycles. The Morgan fingerprint density at radius 2 is 1.91 bits per heavy atom. The third-order valence-corrected chi connectivity index (χ3v) is 4.97. The van der Waals surface area contributed by atoms with Crippen LogP contribution in [0.4, 0.5) is 13.2 Å². The van der Waals surface area contributed by atoms with Crippen LogP contribution in [0.1, 0.15) is 37.2 Å². The van der Waals surface area contributed by atoms with Crippen molar-refractivity contribution in [1.82, 2.24) is 10.1 Å². The van der Waals surface area contributed by atoms with E-state index in [2.05, 4.69) is 10.1 Å². The summed E-state index contributed by atoms with van der Waals surface area (Å²) >= 11 is 23.2. The highest BCUT2D eigenvalue weighted by Crippen LogP contribution is 2.35. The molecule has 5 nitrogen and oxygen atoms in total. The minimum atomic E-state index is -4.51. The van der Waals surface area contributed by atoms with Gasteiger partial charge in [0.05, 0.1) is 5.56 Å². The summed E-state index contributed by atoms with van der Waals surface area (Å²) in [5, 5.41) is 4.04. The van der Waals surface area contributed by atoms with Crippen molar-refractivity contribution in [2.24, 2.45) is 0 Å². The maximum atomic E-state index is 13.0. The monoisotopic (exact) mass is 554 g/mol. The van der Waals surface area contributed by atoms with Crippen LogP contribution in [0.25, 0.3) is 11.3 Å². The van der Waals surface area contributed by atoms with Crippen molar-refractivity contribution in [3.63, 3.8) is 0 Å². The van der Waals surface area contributed by atoms with Gasteiger partial charge in [-0.3, -0.25) is 0 Å². The molecule has 0 saturated carbocycles. The van der Waals surface area contributed by atoms with Crippen LogP contribution >= 0.6 is 46.4 Å². The zero-order valence-corrected chi connectivity index (χ0v) is 20.5. The Hall–Kier alpha value is -2.13. The number of pyridine rings is 1. The molecule has 0 aliphatic heterocycles. The molecular weight excluding hydrogens is 539 g/mol. The normalized spacial score (nSPS) is 12.8. The van der Waals surface area contributed by atoms with Crippen molar-refractivity contribution in [2.45, 2.75) is 36.6 Å². The average Bonchev–Trinajstić information content (AvgIpc) is 3.22. The van der Waals surface area contributed by atoms with E-state index in [1.807, 2.05) is 6.92 Å². The zero-order chi connectivity index (χ0) is 24.9. The van der Waals surface area contributed by atoms with Crippen molar-refractivity contribution >= 4 is 46.4 Å². The first kappa shape index (κ1) is 26.5. The number of ether oxygens (including phenoxy) is 2. The number of halogens is 7. The van der Waals surface area contributed by atoms with E-state index in [0.717, 1.165) is 24.4 Å². The molecule has 0 N–H and O–H groups in total. The number of alkyl halides is 5. The van der Waals surface area contributed by atoms with Gasteiger partial charge >= 0.3 is 6.18 Å². The van der Waals surface area contributed by atoms with Crippen LogP contribution in [-0.4, -0.2) is 14.7 Å². The molecule has 2 heterocycles. The van der Waals surface area contributed by atoms with Gasteiger partial charge in [-0.15, -0.1) is 0 Å². The first-order chi connectivity index (χ1) is 16.0. The second-order valence-electron chi connectivity index (χ2n) is 7.02. The van der Waals surface area contributed by atoms with E-state index >= 15 is 0 Å². The summed E-state index contributed by atoms with van der Waals surface area (Å²) in [6.07, 6.45) is -1.93. The number of benzene rings is 1. The number of nitrogens with zero attached hydrogens (tertiary/aromatic N) is 2. The van der Waals surface area contributed by atoms with Gasteiger partial charge in [0.25, 0.3) is 4.52 Å². The van der Waals surface area contributed by atoms with Crippen molar-refractivity contribution < 1.29 is 27.2 Å². The van der Waals surface area contributed by atoms with Crippen molar-refractivity contribution in [2.75, 3.05) is 0 Å². The fourth-order valence-corrected chi connectivity index (χ4v) is 3.85. The molecule has 34 heavy (non-hydrogen) atoms. The molecule has 0 radical (unpaired) electrons. The zero-order valence-electron chi connectivity index (χ0n) is 17.5. The van der Waals surface area contributed by atoms with Crippen LogP contribution in [0.3, 0.4) is 0 Å². The number of hydrogen-bond acceptors (Lipinski definition) is 5. The predicted molar refractivity (Wildman–Crippen MR) is 124 cm³/mol. The number of rotatable bonds is 9. The summed E-state index contributed by atoms with van der Waals surface area (Å²) in [5.41, 5.74) is 0.177. The average molecular weight is 556 g/mol. The van der Waals surface area contributed by atoms with E-state index in [1.54, 1.807) is 30.3 Å². The van der Waals surface area contributed by atoms with E-state index in [-0.39, 0.29) is 10.4 Å². The van der Waals surface area contributed by atoms with E-state index < -0.39 is 22.4 Å². The highest BCUT2D eigenvalue weighted by atomic mass is 35.5. The predicted octanol–water partition coefficient (Wildman–Crippen LogP) is 8.50. The number of aromatic nitrogens is 2. The largest absolute Gasteiger partial charge is 0.466 e. The highest BCUT2D eigenvalue weighted by molar-refractivity contribution is 6.57. The quantitative estimate of drug-likeness (QED) is 0.248. The molecule has 1 atom stereocenters. The Labute approximate surface area is 213 Å². The summed E-state index contributed by atoms with van der Waals surface area (Å²) in [5.74, 6) is 0.448. The third-order valence-electron chi connectivity index (χ3n) is 4.38. The van der Waals surface area contributed by atoms with Crippen molar-refractivity contribution in [3.8, 4) is 22.9 Å². The highest BCUT2D eigenvalue weighted by Gasteiger charge is 2.31. The fraction of sp³-hybridized carbons (Fsp3) is 0.273. The van der Waals surface area contributed by atoms with Crippen molar-refractivity contribution in [1.29, 1.82) is 0 Å². The number of hydrogen-bond donors (Lipinski definition) is 0. The maximum absolute atomic E-state index is 13.0. The summed E-state index contributed by atoms with van der Waals surface area (Å²) < 4.78 is 53.7. The lowest BCUT2D eigenvalue weighted by Crippen LogP contribution is -2.18. The van der Waals surface area contributed by atoms with Gasteiger partial charge in [-0.05, 0) is 24.6 Å². The lowest BCUT2D eigenvalue weighted by atomic mass is 10.1. The molecule has 3 aromatic rings. The standard InChI is InChI=1S/C22H17Cl4F3N2O3/c1-2-4-17(32-20-10-14(7-8-30-20)22(27,28)29)18-11-16(31-34-18)13-5-3-6-15(9-13)33-21(25,26)12-19(23)24/h3,5-12,17H,2,4H2,1H3. The van der Waals surface area contributed by atoms with Crippen LogP contribution < -0.4 is 9.47 Å². The molecule has 0 bridgehead atoms. The molecule has 3 rings (SSSR count). The lowest BCUT2D eigenvalue weighted by Gasteiger charge is -2.17. The van der Waals surface area contributed by atoms with Crippen LogP contribution in [0.5, 0.6) is 11.6 Å². The second-order valence-corrected chi connectivity index (χ2v) is 9.34. The molecule has 0 saturated heterocycles. The van der Waals surface area contributed by atoms with E-state index in [9.17, 15) is 13.2 Å². The van der Waals surface area contributed by atoms with E-state index in [1.165, 1.54) is 0 Å². The lowest BCUT2D eigenvalue weighted by molar-refractivity contribution is -0.137. The minimum Gasteiger partial charge on any atom is -0.466 e. The maximum Gasteiger partial charge on any atom is 0.416 e. The Balaban J connectivity index is 1.82. The molecule has 0 aliphatic rings. The van der Waals surface area contributed by atoms with Gasteiger partial charge in [-0.25, -0.2) is 4.98 Å². The molecule has 0 amide bonds. The summed E-state index contributed by atoms with van der Waals surface area (Å²) in [7, 11) is 0. The molecule has 2 aromatic heterocycles. The Morgan fingerprint density at radius 1 is 1.15 bits per heavy atom. The van der Waals surface area contributed by atoms with Gasteiger partial charge in [0.15, 0.2) is 11.9 Å². The van der Waals surface area contributed by atoms with Gasteiger partial charge in [-0.1, -0.05) is 77.0 Å². The van der Waals surface area contributed by atoms with E-state index in [0.29, 0.717) is 35.6 Å². The Morgan fingerprint density at radius 3 is 2.59 bits per heavy atom. The van der Waals surface area contributed by atoms with Gasteiger partial charge in [0, 0.05) is 30.0 Å². The molecule has 0 fully saturated rings. The third kappa shape index (κ3) is 7.43. The molecule has 12 heteroatoms. The Bertz CT molecular complexity index is 1150. The van der Waals surface area contributed by atoms with Crippen molar-refractivity contribution in [3.05, 3.63) is 70.6 Å². The van der Waals surface area contributed by atoms with Gasteiger partial charge in [0.1, 0.15) is 15.9 Å². The van der Waals surface area contributed by atoms with Crippen LogP contribution in [0, 0.1) is 0 Å². The van der Waals surface area contributed by atoms with Gasteiger partial charge in [0.2, 0.25) is 5.88 Å². The minimum absolute atomic E-state index is 0.167. The second kappa shape index (κ2) is 11.1. The van der Waals surface area contributed by atoms with Crippen LogP contribution in [-0.2, 0) is 6.18 Å². The van der Waals surface area contributed by atoms with Gasteiger partial charge < -0.3 is 14.0 Å². The topological polar surface area (TPSA) is 57.4 Å². The SMILES string of the molecule is CCCC(Oc1cc(C(F)(F)F)ccn1)c1cc(-c2cccc(OC(Cl)(Cl)C=C(Cl)Cl)c2)no1. The first-order valence-electron chi connectivity index (χ1n) is 9.84. The molecular formula is C22H17Cl4F3N2O3. The van der Waals surface area contributed by atoms with E-state index in [4.69, 9.17) is 60.4 Å². The smallest absolute Gasteiger partial charge is 0.416 e. The van der Waals surface area contributed by atoms with Crippen LogP contribution in [0.15, 0.2) is 63.8 Å². The molecule has 0 aliphatic carbocycles. The van der Waals surface area contributed by atoms with Crippen LogP contribution in [0.2, 0.25) is 0 Å². The summed E-state index contributed by atoms with van der Waals surface area (Å²) in [6.45, 7) is 1.90. The summed E-state index contributed by atoms with van der Waals surface area (Å²) in [4.78, 5) is 3.88. The summed E-state index contributed by atoms with van der Waals surface area (Å²) in [6, 6.07) is 9.98. The molecule has 0 spiro atoms. The Kier molecular flexibility index (Phi) is 8.62. The fourth-order valence-electron chi connectivity index (χ4n) is 2.93.